The Labute approximate surface area is 152 Å². The summed E-state index contributed by atoms with van der Waals surface area (Å²) in [6, 6.07) is 17.1. The molecule has 1 aliphatic heterocycles. The van der Waals surface area contributed by atoms with Crippen molar-refractivity contribution >= 4 is 16.9 Å². The predicted molar refractivity (Wildman–Crippen MR) is 98.6 cm³/mol. The molecule has 6 heteroatoms. The van der Waals surface area contributed by atoms with Crippen LogP contribution in [0.2, 0.25) is 0 Å². The minimum Gasteiger partial charge on any atom is -0.391 e. The van der Waals surface area contributed by atoms with Gasteiger partial charge in [-0.3, -0.25) is 4.79 Å². The Morgan fingerprint density at radius 1 is 1.08 bits per heavy atom. The molecule has 0 saturated carbocycles. The first-order valence-corrected chi connectivity index (χ1v) is 8.97. The second-order valence-corrected chi connectivity index (χ2v) is 6.84. The van der Waals surface area contributed by atoms with E-state index < -0.39 is 12.1 Å². The highest BCUT2D eigenvalue weighted by Gasteiger charge is 2.33. The normalized spacial score (nSPS) is 21.7. The van der Waals surface area contributed by atoms with Crippen LogP contribution in [0.4, 0.5) is 0 Å². The van der Waals surface area contributed by atoms with Crippen molar-refractivity contribution in [2.24, 2.45) is 0 Å². The smallest absolute Gasteiger partial charge is 0.249 e. The molecule has 1 aromatic heterocycles. The number of rotatable bonds is 3. The number of hydrogen-bond acceptors (Lipinski definition) is 4. The summed E-state index contributed by atoms with van der Waals surface area (Å²) in [5.41, 5.74) is 2.67. The second-order valence-electron chi connectivity index (χ2n) is 6.84. The van der Waals surface area contributed by atoms with E-state index in [0.29, 0.717) is 13.1 Å². The first-order valence-electron chi connectivity index (χ1n) is 8.97. The zero-order chi connectivity index (χ0) is 18.1. The molecule has 0 aliphatic carbocycles. The van der Waals surface area contributed by atoms with Crippen molar-refractivity contribution in [1.29, 1.82) is 0 Å². The number of carbonyl (C=O) groups is 1. The molecule has 0 radical (unpaired) electrons. The molecule has 1 amide bonds. The number of β-amino-alcohol motifs (C(OH)–C–C–N with tert-alkyl or cyclic N) is 1. The third kappa shape index (κ3) is 3.08. The summed E-state index contributed by atoms with van der Waals surface area (Å²) >= 11 is 0. The van der Waals surface area contributed by atoms with E-state index in [1.807, 2.05) is 54.6 Å². The monoisotopic (exact) mass is 350 g/mol. The van der Waals surface area contributed by atoms with E-state index in [-0.39, 0.29) is 11.8 Å². The molecule has 134 valence electrons. The maximum absolute atomic E-state index is 12.9. The lowest BCUT2D eigenvalue weighted by Gasteiger charge is -2.37. The second kappa shape index (κ2) is 6.88. The fourth-order valence-electron chi connectivity index (χ4n) is 3.63. The summed E-state index contributed by atoms with van der Waals surface area (Å²) in [5, 5.41) is 19.4. The van der Waals surface area contributed by atoms with E-state index in [4.69, 9.17) is 0 Å². The fraction of sp³-hybridized carbons (Fsp3) is 0.350. The summed E-state index contributed by atoms with van der Waals surface area (Å²) in [4.78, 5) is 16.1. The van der Waals surface area contributed by atoms with Crippen LogP contribution in [0, 0.1) is 0 Å². The number of aliphatic hydroxyl groups is 1. The maximum Gasteiger partial charge on any atom is 0.249 e. The third-order valence-electron chi connectivity index (χ3n) is 5.13. The minimum atomic E-state index is -0.563. The Bertz CT molecular complexity index is 875. The zero-order valence-electron chi connectivity index (χ0n) is 14.7. The zero-order valence-corrected chi connectivity index (χ0v) is 14.7. The molecule has 1 fully saturated rings. The molecule has 2 aromatic carbocycles. The molecular formula is C20H22N4O2. The van der Waals surface area contributed by atoms with Crippen molar-refractivity contribution < 1.29 is 9.90 Å². The quantitative estimate of drug-likeness (QED) is 0.787. The molecule has 1 aliphatic rings. The van der Waals surface area contributed by atoms with E-state index in [9.17, 15) is 9.90 Å². The van der Waals surface area contributed by atoms with Crippen molar-refractivity contribution in [2.75, 3.05) is 13.1 Å². The van der Waals surface area contributed by atoms with Crippen LogP contribution in [-0.4, -0.2) is 50.1 Å². The van der Waals surface area contributed by atoms with E-state index in [1.165, 1.54) is 4.80 Å². The maximum atomic E-state index is 12.9. The SMILES string of the molecule is CC(C(=O)N1CC[C@@H](c2ccccc2)[C@H](O)C1)n1nc2ccccc2n1. The van der Waals surface area contributed by atoms with Gasteiger partial charge in [0.1, 0.15) is 17.1 Å². The van der Waals surface area contributed by atoms with Crippen LogP contribution in [0.5, 0.6) is 0 Å². The van der Waals surface area contributed by atoms with E-state index in [1.54, 1.807) is 11.8 Å². The van der Waals surface area contributed by atoms with Crippen LogP contribution in [0.1, 0.15) is 30.9 Å². The number of piperidine rings is 1. The van der Waals surface area contributed by atoms with Gasteiger partial charge >= 0.3 is 0 Å². The van der Waals surface area contributed by atoms with Gasteiger partial charge in [-0.15, -0.1) is 0 Å². The Balaban J connectivity index is 1.47. The Morgan fingerprint density at radius 2 is 1.69 bits per heavy atom. The highest BCUT2D eigenvalue weighted by Crippen LogP contribution is 2.29. The molecule has 1 unspecified atom stereocenters. The number of carbonyl (C=O) groups excluding carboxylic acids is 1. The number of fused-ring (bicyclic) bond motifs is 1. The predicted octanol–water partition coefficient (Wildman–Crippen LogP) is 2.37. The van der Waals surface area contributed by atoms with Crippen LogP contribution in [0.3, 0.4) is 0 Å². The van der Waals surface area contributed by atoms with Gasteiger partial charge in [0.2, 0.25) is 5.91 Å². The van der Waals surface area contributed by atoms with Crippen molar-refractivity contribution in [3.05, 3.63) is 60.2 Å². The van der Waals surface area contributed by atoms with Gasteiger partial charge in [-0.2, -0.15) is 15.0 Å². The largest absolute Gasteiger partial charge is 0.391 e. The molecule has 2 heterocycles. The first kappa shape index (κ1) is 16.7. The number of likely N-dealkylation sites (tertiary alicyclic amines) is 1. The van der Waals surface area contributed by atoms with Gasteiger partial charge in [0.25, 0.3) is 0 Å². The lowest BCUT2D eigenvalue weighted by molar-refractivity contribution is -0.138. The highest BCUT2D eigenvalue weighted by atomic mass is 16.3. The summed E-state index contributed by atoms with van der Waals surface area (Å²) in [6.45, 7) is 2.76. The molecule has 0 bridgehead atoms. The molecule has 1 saturated heterocycles. The number of hydrogen-bond donors (Lipinski definition) is 1. The minimum absolute atomic E-state index is 0.0594. The fourth-order valence-corrected chi connectivity index (χ4v) is 3.63. The standard InChI is InChI=1S/C20H22N4O2/c1-14(24-21-17-9-5-6-10-18(17)22-24)20(26)23-12-11-16(19(25)13-23)15-7-3-2-4-8-15/h2-10,14,16,19,25H,11-13H2,1H3/t14?,16-,19+/m0/s1. The van der Waals surface area contributed by atoms with Crippen molar-refractivity contribution in [2.45, 2.75) is 31.4 Å². The number of aromatic nitrogens is 3. The molecule has 6 nitrogen and oxygen atoms in total. The number of nitrogens with zero attached hydrogens (tertiary/aromatic N) is 4. The van der Waals surface area contributed by atoms with Crippen LogP contribution >= 0.6 is 0 Å². The Kier molecular flexibility index (Phi) is 4.42. The number of benzene rings is 2. The van der Waals surface area contributed by atoms with Crippen molar-refractivity contribution in [3.63, 3.8) is 0 Å². The van der Waals surface area contributed by atoms with Crippen molar-refractivity contribution in [1.82, 2.24) is 19.9 Å². The van der Waals surface area contributed by atoms with Crippen LogP contribution in [0.25, 0.3) is 11.0 Å². The number of amides is 1. The molecular weight excluding hydrogens is 328 g/mol. The van der Waals surface area contributed by atoms with Gasteiger partial charge in [-0.05, 0) is 31.0 Å². The summed E-state index contributed by atoms with van der Waals surface area (Å²) in [7, 11) is 0. The van der Waals surface area contributed by atoms with Gasteiger partial charge in [-0.1, -0.05) is 42.5 Å². The molecule has 1 N–H and O–H groups in total. The van der Waals surface area contributed by atoms with E-state index in [2.05, 4.69) is 10.2 Å². The van der Waals surface area contributed by atoms with Crippen molar-refractivity contribution in [3.8, 4) is 0 Å². The molecule has 26 heavy (non-hydrogen) atoms. The van der Waals surface area contributed by atoms with E-state index in [0.717, 1.165) is 23.0 Å². The van der Waals surface area contributed by atoms with Gasteiger partial charge in [0.05, 0.1) is 6.10 Å². The lowest BCUT2D eigenvalue weighted by atomic mass is 9.87. The van der Waals surface area contributed by atoms with E-state index >= 15 is 0 Å². The Morgan fingerprint density at radius 3 is 2.31 bits per heavy atom. The average molecular weight is 350 g/mol. The summed E-state index contributed by atoms with van der Waals surface area (Å²) in [6.07, 6.45) is 0.185. The molecule has 3 atom stereocenters. The average Bonchev–Trinajstić information content (AvgIpc) is 3.11. The van der Waals surface area contributed by atoms with Gasteiger partial charge in [0.15, 0.2) is 0 Å². The molecule has 4 rings (SSSR count). The summed E-state index contributed by atoms with van der Waals surface area (Å²) in [5.74, 6) is 0.0110. The van der Waals surface area contributed by atoms with Gasteiger partial charge in [-0.25, -0.2) is 0 Å². The highest BCUT2D eigenvalue weighted by molar-refractivity contribution is 5.81. The number of aliphatic hydroxyl groups excluding tert-OH is 1. The van der Waals surface area contributed by atoms with Crippen LogP contribution in [0.15, 0.2) is 54.6 Å². The molecule has 3 aromatic rings. The Hall–Kier alpha value is -2.73. The van der Waals surface area contributed by atoms with Gasteiger partial charge < -0.3 is 10.0 Å². The third-order valence-corrected chi connectivity index (χ3v) is 5.13. The van der Waals surface area contributed by atoms with Crippen LogP contribution < -0.4 is 0 Å². The summed E-state index contributed by atoms with van der Waals surface area (Å²) < 4.78 is 0. The topological polar surface area (TPSA) is 71.2 Å². The first-order chi connectivity index (χ1) is 12.6. The van der Waals surface area contributed by atoms with Gasteiger partial charge in [0, 0.05) is 19.0 Å². The van der Waals surface area contributed by atoms with Crippen LogP contribution in [-0.2, 0) is 4.79 Å². The molecule has 0 spiro atoms. The lowest BCUT2D eigenvalue weighted by Crippen LogP contribution is -2.48.